The molecule has 0 bridgehead atoms. The average Bonchev–Trinajstić information content (AvgIpc) is 3.06. The van der Waals surface area contributed by atoms with Crippen LogP contribution < -0.4 is 0 Å². The summed E-state index contributed by atoms with van der Waals surface area (Å²) < 4.78 is 5.47. The van der Waals surface area contributed by atoms with E-state index in [1.807, 2.05) is 0 Å². The number of piperidine rings is 1. The largest absolute Gasteiger partial charge is 0.448 e. The Morgan fingerprint density at radius 2 is 1.91 bits per heavy atom. The van der Waals surface area contributed by atoms with Crippen molar-refractivity contribution in [1.29, 1.82) is 0 Å². The summed E-state index contributed by atoms with van der Waals surface area (Å²) in [4.78, 5) is 34.1. The van der Waals surface area contributed by atoms with E-state index in [0.29, 0.717) is 19.4 Å². The van der Waals surface area contributed by atoms with Crippen molar-refractivity contribution < 1.29 is 14.0 Å². The van der Waals surface area contributed by atoms with Crippen LogP contribution in [0, 0.1) is 0 Å². The van der Waals surface area contributed by atoms with Crippen molar-refractivity contribution in [3.63, 3.8) is 0 Å². The van der Waals surface area contributed by atoms with Gasteiger partial charge >= 0.3 is 6.03 Å². The zero-order valence-electron chi connectivity index (χ0n) is 14.2. The van der Waals surface area contributed by atoms with E-state index >= 15 is 0 Å². The molecular formula is C16H24N4O3. The van der Waals surface area contributed by atoms with Crippen LogP contribution in [-0.4, -0.2) is 64.3 Å². The SMILES string of the molecule is CC(C)c1nc(CN2CCC3(CC2)C(=O)N(C)C(=O)N3C)co1. The molecule has 1 aromatic heterocycles. The molecule has 0 saturated carbocycles. The fourth-order valence-electron chi connectivity index (χ4n) is 3.47. The van der Waals surface area contributed by atoms with E-state index in [4.69, 9.17) is 4.42 Å². The number of urea groups is 1. The van der Waals surface area contributed by atoms with Gasteiger partial charge in [0, 0.05) is 39.6 Å². The third kappa shape index (κ3) is 2.52. The van der Waals surface area contributed by atoms with E-state index in [0.717, 1.165) is 24.7 Å². The number of amides is 3. The first-order chi connectivity index (χ1) is 10.8. The molecule has 0 aliphatic carbocycles. The first kappa shape index (κ1) is 16.0. The third-order valence-electron chi connectivity index (χ3n) is 5.05. The molecule has 2 aliphatic heterocycles. The lowest BCUT2D eigenvalue weighted by atomic mass is 9.86. The molecule has 3 rings (SSSR count). The Hall–Kier alpha value is -1.89. The minimum absolute atomic E-state index is 0.0758. The van der Waals surface area contributed by atoms with Crippen molar-refractivity contribution in [2.45, 2.75) is 44.7 Å². The second-order valence-electron chi connectivity index (χ2n) is 6.85. The lowest BCUT2D eigenvalue weighted by molar-refractivity contribution is -0.134. The van der Waals surface area contributed by atoms with E-state index < -0.39 is 5.54 Å². The second-order valence-corrected chi connectivity index (χ2v) is 6.85. The van der Waals surface area contributed by atoms with Gasteiger partial charge in [0.15, 0.2) is 5.89 Å². The van der Waals surface area contributed by atoms with Crippen LogP contribution in [0.3, 0.4) is 0 Å². The predicted molar refractivity (Wildman–Crippen MR) is 83.8 cm³/mol. The van der Waals surface area contributed by atoms with Crippen LogP contribution in [0.5, 0.6) is 0 Å². The molecule has 0 N–H and O–H groups in total. The molecule has 0 radical (unpaired) electrons. The maximum atomic E-state index is 12.5. The van der Waals surface area contributed by atoms with Gasteiger partial charge in [-0.1, -0.05) is 13.8 Å². The molecule has 3 amide bonds. The van der Waals surface area contributed by atoms with E-state index in [1.54, 1.807) is 25.3 Å². The van der Waals surface area contributed by atoms with Gasteiger partial charge in [0.1, 0.15) is 11.8 Å². The molecule has 0 unspecified atom stereocenters. The van der Waals surface area contributed by atoms with Gasteiger partial charge in [-0.15, -0.1) is 0 Å². The molecule has 2 fully saturated rings. The summed E-state index contributed by atoms with van der Waals surface area (Å²) in [6, 6.07) is -0.207. The van der Waals surface area contributed by atoms with Gasteiger partial charge < -0.3 is 9.32 Å². The summed E-state index contributed by atoms with van der Waals surface area (Å²) in [5.74, 6) is 0.958. The van der Waals surface area contributed by atoms with Gasteiger partial charge in [0.2, 0.25) is 0 Å². The van der Waals surface area contributed by atoms with Gasteiger partial charge in [0.25, 0.3) is 5.91 Å². The molecule has 0 aromatic carbocycles. The Bertz CT molecular complexity index is 617. The number of likely N-dealkylation sites (tertiary alicyclic amines) is 1. The molecule has 2 saturated heterocycles. The zero-order chi connectivity index (χ0) is 16.8. The molecule has 7 nitrogen and oxygen atoms in total. The summed E-state index contributed by atoms with van der Waals surface area (Å²) in [7, 11) is 3.29. The number of oxazole rings is 1. The van der Waals surface area contributed by atoms with Gasteiger partial charge in [-0.3, -0.25) is 14.6 Å². The Morgan fingerprint density at radius 3 is 2.39 bits per heavy atom. The summed E-state index contributed by atoms with van der Waals surface area (Å²) >= 11 is 0. The van der Waals surface area contributed by atoms with Crippen molar-refractivity contribution in [2.75, 3.05) is 27.2 Å². The molecule has 1 aromatic rings. The van der Waals surface area contributed by atoms with Crippen LogP contribution in [0.4, 0.5) is 4.79 Å². The number of hydrogen-bond acceptors (Lipinski definition) is 5. The number of rotatable bonds is 3. The van der Waals surface area contributed by atoms with E-state index in [-0.39, 0.29) is 17.9 Å². The molecule has 23 heavy (non-hydrogen) atoms. The molecule has 0 atom stereocenters. The normalized spacial score (nSPS) is 22.0. The first-order valence-corrected chi connectivity index (χ1v) is 8.08. The lowest BCUT2D eigenvalue weighted by Gasteiger charge is -2.40. The second kappa shape index (κ2) is 5.63. The molecule has 126 valence electrons. The minimum Gasteiger partial charge on any atom is -0.448 e. The van der Waals surface area contributed by atoms with Gasteiger partial charge in [-0.2, -0.15) is 0 Å². The highest BCUT2D eigenvalue weighted by atomic mass is 16.3. The van der Waals surface area contributed by atoms with Crippen molar-refractivity contribution in [3.05, 3.63) is 17.8 Å². The number of hydrogen-bond donors (Lipinski definition) is 0. The fraction of sp³-hybridized carbons (Fsp3) is 0.688. The van der Waals surface area contributed by atoms with Crippen LogP contribution in [0.1, 0.15) is 44.2 Å². The summed E-state index contributed by atoms with van der Waals surface area (Å²) in [5, 5.41) is 0. The summed E-state index contributed by atoms with van der Waals surface area (Å²) in [5.41, 5.74) is 0.263. The van der Waals surface area contributed by atoms with Crippen LogP contribution in [0.15, 0.2) is 10.7 Å². The average molecular weight is 320 g/mol. The maximum absolute atomic E-state index is 12.5. The summed E-state index contributed by atoms with van der Waals surface area (Å²) in [6.07, 6.45) is 3.03. The molecular weight excluding hydrogens is 296 g/mol. The smallest absolute Gasteiger partial charge is 0.327 e. The van der Waals surface area contributed by atoms with E-state index in [1.165, 1.54) is 4.90 Å². The number of nitrogens with zero attached hydrogens (tertiary/aromatic N) is 4. The Balaban J connectivity index is 1.64. The van der Waals surface area contributed by atoms with Gasteiger partial charge in [0.05, 0.1) is 5.69 Å². The zero-order valence-corrected chi connectivity index (χ0v) is 14.2. The minimum atomic E-state index is -0.657. The number of carbonyl (C=O) groups is 2. The third-order valence-corrected chi connectivity index (χ3v) is 5.05. The first-order valence-electron chi connectivity index (χ1n) is 8.08. The standard InChI is InChI=1S/C16H24N4O3/c1-11(2)13-17-12(10-23-13)9-20-7-5-16(6-8-20)14(21)18(3)15(22)19(16)4/h10-11H,5-9H2,1-4H3. The number of likely N-dealkylation sites (N-methyl/N-ethyl adjacent to an activating group) is 2. The number of carbonyl (C=O) groups excluding carboxylic acids is 2. The Labute approximate surface area is 136 Å². The van der Waals surface area contributed by atoms with Gasteiger partial charge in [-0.25, -0.2) is 9.78 Å². The van der Waals surface area contributed by atoms with Crippen molar-refractivity contribution >= 4 is 11.9 Å². The number of aromatic nitrogens is 1. The highest BCUT2D eigenvalue weighted by molar-refractivity contribution is 6.06. The van der Waals surface area contributed by atoms with E-state index in [9.17, 15) is 9.59 Å². The Kier molecular flexibility index (Phi) is 3.91. The summed E-state index contributed by atoms with van der Waals surface area (Å²) in [6.45, 7) is 6.35. The van der Waals surface area contributed by atoms with Crippen LogP contribution >= 0.6 is 0 Å². The van der Waals surface area contributed by atoms with E-state index in [2.05, 4.69) is 23.7 Å². The van der Waals surface area contributed by atoms with Crippen molar-refractivity contribution in [1.82, 2.24) is 19.7 Å². The lowest BCUT2D eigenvalue weighted by Crippen LogP contribution is -2.55. The molecule has 3 heterocycles. The molecule has 1 spiro atoms. The topological polar surface area (TPSA) is 69.9 Å². The quantitative estimate of drug-likeness (QED) is 0.792. The van der Waals surface area contributed by atoms with Crippen molar-refractivity contribution in [2.24, 2.45) is 0 Å². The van der Waals surface area contributed by atoms with Crippen LogP contribution in [0.25, 0.3) is 0 Å². The van der Waals surface area contributed by atoms with Crippen LogP contribution in [-0.2, 0) is 11.3 Å². The fourth-order valence-corrected chi connectivity index (χ4v) is 3.47. The Morgan fingerprint density at radius 1 is 1.26 bits per heavy atom. The predicted octanol–water partition coefficient (Wildman–Crippen LogP) is 1.66. The van der Waals surface area contributed by atoms with Crippen molar-refractivity contribution in [3.8, 4) is 0 Å². The highest BCUT2D eigenvalue weighted by Gasteiger charge is 2.55. The monoisotopic (exact) mass is 320 g/mol. The highest BCUT2D eigenvalue weighted by Crippen LogP contribution is 2.35. The van der Waals surface area contributed by atoms with Gasteiger partial charge in [-0.05, 0) is 12.8 Å². The molecule has 2 aliphatic rings. The number of imide groups is 1. The van der Waals surface area contributed by atoms with Crippen LogP contribution in [0.2, 0.25) is 0 Å². The molecule has 7 heteroatoms. The maximum Gasteiger partial charge on any atom is 0.327 e.